The predicted molar refractivity (Wildman–Crippen MR) is 48.3 cm³/mol. The van der Waals surface area contributed by atoms with Gasteiger partial charge in [-0.2, -0.15) is 12.7 Å². The Morgan fingerprint density at radius 1 is 1.43 bits per heavy atom. The van der Waals surface area contributed by atoms with Crippen LogP contribution in [0.25, 0.3) is 0 Å². The number of halogens is 2. The van der Waals surface area contributed by atoms with Gasteiger partial charge in [-0.1, -0.05) is 6.42 Å². The van der Waals surface area contributed by atoms with Crippen LogP contribution in [0.3, 0.4) is 0 Å². The molecule has 0 aromatic heterocycles. The van der Waals surface area contributed by atoms with Gasteiger partial charge < -0.3 is 0 Å². The average Bonchev–Trinajstić information content (AvgIpc) is 2.18. The standard InChI is InChI=1S/C7H14F2N2O2S/c1-10-14(12,13)11-5-3-2-4-6(11)7(8)9/h6-7,10H,2-5H2,1H3. The van der Waals surface area contributed by atoms with Crippen LogP contribution in [0, 0.1) is 0 Å². The van der Waals surface area contributed by atoms with E-state index in [1.165, 1.54) is 7.05 Å². The molecule has 1 heterocycles. The van der Waals surface area contributed by atoms with E-state index in [2.05, 4.69) is 4.72 Å². The fourth-order valence-corrected chi connectivity index (χ4v) is 2.76. The zero-order chi connectivity index (χ0) is 10.8. The summed E-state index contributed by atoms with van der Waals surface area (Å²) in [5, 5.41) is 0. The molecule has 1 aliphatic heterocycles. The van der Waals surface area contributed by atoms with E-state index in [0.29, 0.717) is 12.8 Å². The Bertz CT molecular complexity index is 281. The van der Waals surface area contributed by atoms with Crippen molar-refractivity contribution in [3.05, 3.63) is 0 Å². The molecule has 14 heavy (non-hydrogen) atoms. The molecule has 0 aliphatic carbocycles. The number of rotatable bonds is 3. The zero-order valence-electron chi connectivity index (χ0n) is 7.91. The van der Waals surface area contributed by atoms with E-state index < -0.39 is 22.7 Å². The lowest BCUT2D eigenvalue weighted by atomic mass is 10.1. The summed E-state index contributed by atoms with van der Waals surface area (Å²) < 4.78 is 50.6. The Hall–Kier alpha value is -0.270. The van der Waals surface area contributed by atoms with Crippen molar-refractivity contribution >= 4 is 10.2 Å². The van der Waals surface area contributed by atoms with Gasteiger partial charge in [-0.15, -0.1) is 0 Å². The fourth-order valence-electron chi connectivity index (χ4n) is 1.60. The van der Waals surface area contributed by atoms with Gasteiger partial charge in [0.05, 0.1) is 6.04 Å². The number of piperidine rings is 1. The van der Waals surface area contributed by atoms with Crippen LogP contribution in [-0.2, 0) is 10.2 Å². The van der Waals surface area contributed by atoms with Crippen LogP contribution in [0.5, 0.6) is 0 Å². The summed E-state index contributed by atoms with van der Waals surface area (Å²) >= 11 is 0. The fraction of sp³-hybridized carbons (Fsp3) is 1.00. The maximum absolute atomic E-state index is 12.5. The van der Waals surface area contributed by atoms with E-state index in [9.17, 15) is 17.2 Å². The highest BCUT2D eigenvalue weighted by atomic mass is 32.2. The zero-order valence-corrected chi connectivity index (χ0v) is 8.73. The molecular weight excluding hydrogens is 214 g/mol. The van der Waals surface area contributed by atoms with Gasteiger partial charge in [0.2, 0.25) is 0 Å². The Labute approximate surface area is 82.5 Å². The van der Waals surface area contributed by atoms with Crippen LogP contribution in [0.4, 0.5) is 8.78 Å². The van der Waals surface area contributed by atoms with Crippen molar-refractivity contribution in [3.63, 3.8) is 0 Å². The molecule has 84 valence electrons. The summed E-state index contributed by atoms with van der Waals surface area (Å²) in [6.07, 6.45) is -1.08. The highest BCUT2D eigenvalue weighted by Gasteiger charge is 2.36. The third-order valence-corrected chi connectivity index (χ3v) is 3.94. The van der Waals surface area contributed by atoms with Gasteiger partial charge in [-0.05, 0) is 12.8 Å². The molecule has 1 fully saturated rings. The first-order chi connectivity index (χ1) is 6.49. The number of nitrogens with zero attached hydrogens (tertiary/aromatic N) is 1. The molecular formula is C7H14F2N2O2S. The van der Waals surface area contributed by atoms with Crippen LogP contribution in [0.2, 0.25) is 0 Å². The number of hydrogen-bond donors (Lipinski definition) is 1. The summed E-state index contributed by atoms with van der Waals surface area (Å²) in [4.78, 5) is 0. The molecule has 1 atom stereocenters. The van der Waals surface area contributed by atoms with Crippen molar-refractivity contribution in [1.82, 2.24) is 9.03 Å². The number of alkyl halides is 2. The lowest BCUT2D eigenvalue weighted by Gasteiger charge is -2.33. The van der Waals surface area contributed by atoms with E-state index in [1.54, 1.807) is 0 Å². The van der Waals surface area contributed by atoms with Crippen molar-refractivity contribution in [2.45, 2.75) is 31.7 Å². The topological polar surface area (TPSA) is 49.4 Å². The molecule has 1 N–H and O–H groups in total. The Balaban J connectivity index is 2.83. The lowest BCUT2D eigenvalue weighted by molar-refractivity contribution is 0.0436. The second-order valence-electron chi connectivity index (χ2n) is 3.22. The van der Waals surface area contributed by atoms with Gasteiger partial charge in [0.1, 0.15) is 0 Å². The van der Waals surface area contributed by atoms with Crippen LogP contribution in [0.1, 0.15) is 19.3 Å². The average molecular weight is 228 g/mol. The van der Waals surface area contributed by atoms with Crippen LogP contribution in [-0.4, -0.2) is 38.8 Å². The molecule has 0 bridgehead atoms. The van der Waals surface area contributed by atoms with Crippen molar-refractivity contribution in [2.24, 2.45) is 0 Å². The van der Waals surface area contributed by atoms with Crippen LogP contribution >= 0.6 is 0 Å². The molecule has 0 saturated carbocycles. The summed E-state index contributed by atoms with van der Waals surface area (Å²) in [7, 11) is -2.48. The first kappa shape index (κ1) is 11.8. The second kappa shape index (κ2) is 4.50. The normalized spacial score (nSPS) is 25.6. The minimum Gasteiger partial charge on any atom is -0.209 e. The third kappa shape index (κ3) is 2.40. The van der Waals surface area contributed by atoms with Crippen molar-refractivity contribution in [2.75, 3.05) is 13.6 Å². The van der Waals surface area contributed by atoms with Crippen LogP contribution in [0.15, 0.2) is 0 Å². The molecule has 0 aromatic carbocycles. The molecule has 1 saturated heterocycles. The molecule has 0 aromatic rings. The van der Waals surface area contributed by atoms with Gasteiger partial charge in [-0.25, -0.2) is 13.5 Å². The minimum atomic E-state index is -3.71. The smallest absolute Gasteiger partial charge is 0.209 e. The van der Waals surface area contributed by atoms with Crippen molar-refractivity contribution in [1.29, 1.82) is 0 Å². The monoisotopic (exact) mass is 228 g/mol. The molecule has 0 spiro atoms. The predicted octanol–water partition coefficient (Wildman–Crippen LogP) is 0.570. The Kier molecular flexibility index (Phi) is 3.79. The van der Waals surface area contributed by atoms with Crippen molar-refractivity contribution < 1.29 is 17.2 Å². The quantitative estimate of drug-likeness (QED) is 0.767. The summed E-state index contributed by atoms with van der Waals surface area (Å²) in [6, 6.07) is -1.17. The van der Waals surface area contributed by atoms with E-state index in [0.717, 1.165) is 4.31 Å². The molecule has 0 radical (unpaired) electrons. The largest absolute Gasteiger partial charge is 0.279 e. The maximum Gasteiger partial charge on any atom is 0.279 e. The van der Waals surface area contributed by atoms with E-state index in [-0.39, 0.29) is 13.0 Å². The number of hydrogen-bond acceptors (Lipinski definition) is 2. The molecule has 1 rings (SSSR count). The van der Waals surface area contributed by atoms with Gasteiger partial charge in [0, 0.05) is 13.6 Å². The number of nitrogens with one attached hydrogen (secondary N) is 1. The summed E-state index contributed by atoms with van der Waals surface area (Å²) in [5.41, 5.74) is 0. The van der Waals surface area contributed by atoms with Crippen molar-refractivity contribution in [3.8, 4) is 0 Å². The lowest BCUT2D eigenvalue weighted by Crippen LogP contribution is -2.50. The Morgan fingerprint density at radius 2 is 2.07 bits per heavy atom. The first-order valence-corrected chi connectivity index (χ1v) is 5.91. The van der Waals surface area contributed by atoms with Gasteiger partial charge in [0.25, 0.3) is 16.6 Å². The van der Waals surface area contributed by atoms with Gasteiger partial charge in [-0.3, -0.25) is 0 Å². The molecule has 0 amide bonds. The molecule has 1 unspecified atom stereocenters. The minimum absolute atomic E-state index is 0.179. The van der Waals surface area contributed by atoms with E-state index >= 15 is 0 Å². The van der Waals surface area contributed by atoms with Gasteiger partial charge in [0.15, 0.2) is 0 Å². The summed E-state index contributed by atoms with van der Waals surface area (Å²) in [6.45, 7) is 0.179. The highest BCUT2D eigenvalue weighted by molar-refractivity contribution is 7.87. The summed E-state index contributed by atoms with van der Waals surface area (Å²) in [5.74, 6) is 0. The SMILES string of the molecule is CNS(=O)(=O)N1CCCCC1C(F)F. The van der Waals surface area contributed by atoms with Crippen LogP contribution < -0.4 is 4.72 Å². The second-order valence-corrected chi connectivity index (χ2v) is 5.04. The molecule has 4 nitrogen and oxygen atoms in total. The Morgan fingerprint density at radius 3 is 2.57 bits per heavy atom. The first-order valence-electron chi connectivity index (χ1n) is 4.47. The third-order valence-electron chi connectivity index (χ3n) is 2.36. The highest BCUT2D eigenvalue weighted by Crippen LogP contribution is 2.24. The van der Waals surface area contributed by atoms with Gasteiger partial charge >= 0.3 is 0 Å². The molecule has 7 heteroatoms. The van der Waals surface area contributed by atoms with E-state index in [4.69, 9.17) is 0 Å². The van der Waals surface area contributed by atoms with E-state index in [1.807, 2.05) is 0 Å². The maximum atomic E-state index is 12.5. The molecule has 1 aliphatic rings.